The van der Waals surface area contributed by atoms with E-state index in [-0.39, 0.29) is 34.4 Å². The average molecular weight is 671 g/mol. The summed E-state index contributed by atoms with van der Waals surface area (Å²) in [5.74, 6) is -1.15. The number of para-hydroxylation sites is 1. The van der Waals surface area contributed by atoms with E-state index in [1.54, 1.807) is 35.2 Å². The Hall–Kier alpha value is -5.34. The van der Waals surface area contributed by atoms with Gasteiger partial charge < -0.3 is 19.7 Å². The van der Waals surface area contributed by atoms with Crippen LogP contribution in [0.4, 0.5) is 27.4 Å². The summed E-state index contributed by atoms with van der Waals surface area (Å²) in [7, 11) is 1.72. The summed E-state index contributed by atoms with van der Waals surface area (Å²) in [6.07, 6.45) is 3.32. The van der Waals surface area contributed by atoms with Gasteiger partial charge in [0, 0.05) is 73.1 Å². The number of nitro groups is 1. The summed E-state index contributed by atoms with van der Waals surface area (Å²) in [5.41, 5.74) is 2.38. The maximum Gasteiger partial charge on any atom is 0.294 e. The van der Waals surface area contributed by atoms with E-state index >= 15 is 4.39 Å². The zero-order chi connectivity index (χ0) is 34.2. The smallest absolute Gasteiger partial charge is 0.294 e. The van der Waals surface area contributed by atoms with Gasteiger partial charge in [0.05, 0.1) is 22.1 Å². The Morgan fingerprint density at radius 3 is 2.42 bits per heavy atom. The summed E-state index contributed by atoms with van der Waals surface area (Å²) in [5, 5.41) is 16.4. The largest absolute Gasteiger partial charge is 0.365 e. The van der Waals surface area contributed by atoms with Gasteiger partial charge in [0.1, 0.15) is 11.5 Å². The molecule has 6 rings (SSSR count). The van der Waals surface area contributed by atoms with Crippen LogP contribution < -0.4 is 10.2 Å². The Balaban J connectivity index is 1.51. The number of nitrogens with zero attached hydrogens (tertiary/aromatic N) is 7. The maximum absolute atomic E-state index is 15.8. The van der Waals surface area contributed by atoms with Gasteiger partial charge in [0.15, 0.2) is 5.65 Å². The third kappa shape index (κ3) is 6.31. The molecule has 0 unspecified atom stereocenters. The van der Waals surface area contributed by atoms with Crippen LogP contribution in [0.1, 0.15) is 12.5 Å². The number of halogens is 1. The molecular weight excluding hydrogens is 635 g/mol. The maximum atomic E-state index is 15.8. The van der Waals surface area contributed by atoms with Crippen molar-refractivity contribution < 1.29 is 17.7 Å². The highest BCUT2D eigenvalue weighted by atomic mass is 32.2. The van der Waals surface area contributed by atoms with Gasteiger partial charge in [-0.25, -0.2) is 21.8 Å². The van der Waals surface area contributed by atoms with Crippen LogP contribution in [0.3, 0.4) is 0 Å². The molecule has 3 aromatic heterocycles. The third-order valence-electron chi connectivity index (χ3n) is 8.20. The predicted molar refractivity (Wildman–Crippen MR) is 187 cm³/mol. The number of benzene rings is 3. The fraction of sp³-hybridized carbons (Fsp3) is 0.235. The first-order valence-corrected chi connectivity index (χ1v) is 16.9. The van der Waals surface area contributed by atoms with Crippen LogP contribution in [0.5, 0.6) is 0 Å². The van der Waals surface area contributed by atoms with Gasteiger partial charge in [0.25, 0.3) is 5.69 Å². The molecule has 0 radical (unpaired) electrons. The monoisotopic (exact) mass is 670 g/mol. The normalized spacial score (nSPS) is 11.9. The van der Waals surface area contributed by atoms with E-state index in [2.05, 4.69) is 10.3 Å². The van der Waals surface area contributed by atoms with Crippen molar-refractivity contribution in [3.05, 3.63) is 107 Å². The zero-order valence-corrected chi connectivity index (χ0v) is 27.8. The summed E-state index contributed by atoms with van der Waals surface area (Å²) in [6.45, 7) is 3.36. The van der Waals surface area contributed by atoms with E-state index in [0.717, 1.165) is 27.0 Å². The van der Waals surface area contributed by atoms with Crippen LogP contribution in [-0.2, 0) is 22.8 Å². The lowest BCUT2D eigenvalue weighted by molar-refractivity contribution is -0.384. The van der Waals surface area contributed by atoms with Crippen molar-refractivity contribution in [3.8, 4) is 11.3 Å². The second-order valence-electron chi connectivity index (χ2n) is 11.7. The van der Waals surface area contributed by atoms with Crippen LogP contribution >= 0.6 is 0 Å². The van der Waals surface area contributed by atoms with E-state index in [0.29, 0.717) is 41.8 Å². The first kappa shape index (κ1) is 32.6. The van der Waals surface area contributed by atoms with E-state index < -0.39 is 20.8 Å². The molecule has 248 valence electrons. The number of nitrogens with one attached hydrogen (secondary N) is 1. The van der Waals surface area contributed by atoms with E-state index in [9.17, 15) is 18.5 Å². The molecular formula is C34H35FN8O4S. The number of aromatic nitrogens is 4. The molecule has 3 heterocycles. The lowest BCUT2D eigenvalue weighted by Crippen LogP contribution is -2.32. The molecule has 0 saturated carbocycles. The van der Waals surface area contributed by atoms with Crippen LogP contribution in [0.25, 0.3) is 33.2 Å². The average Bonchev–Trinajstić information content (AvgIpc) is 3.64. The molecule has 1 N–H and O–H groups in total. The fourth-order valence-corrected chi connectivity index (χ4v) is 7.20. The lowest BCUT2D eigenvalue weighted by atomic mass is 10.1. The Kier molecular flexibility index (Phi) is 8.86. The number of likely N-dealkylation sites (N-methyl/N-ethyl adjacent to an activating group) is 2. The molecule has 0 atom stereocenters. The molecule has 14 heteroatoms. The van der Waals surface area contributed by atoms with Gasteiger partial charge in [-0.2, -0.15) is 4.98 Å². The van der Waals surface area contributed by atoms with Crippen molar-refractivity contribution in [1.29, 1.82) is 0 Å². The number of rotatable bonds is 12. The minimum Gasteiger partial charge on any atom is -0.365 e. The van der Waals surface area contributed by atoms with Crippen LogP contribution in [0.15, 0.2) is 85.2 Å². The number of fused-ring (bicyclic) bond motifs is 2. The number of anilines is 3. The Morgan fingerprint density at radius 1 is 0.979 bits per heavy atom. The highest BCUT2D eigenvalue weighted by Crippen LogP contribution is 2.37. The van der Waals surface area contributed by atoms with E-state index in [1.807, 2.05) is 74.1 Å². The number of hydrogen-bond donors (Lipinski definition) is 1. The summed E-state index contributed by atoms with van der Waals surface area (Å²) in [6, 6.07) is 20.4. The first-order valence-electron chi connectivity index (χ1n) is 15.3. The highest BCUT2D eigenvalue weighted by Gasteiger charge is 2.26. The Labute approximate surface area is 277 Å². The van der Waals surface area contributed by atoms with Gasteiger partial charge in [-0.15, -0.1) is 0 Å². The molecule has 48 heavy (non-hydrogen) atoms. The molecule has 0 fully saturated rings. The SMILES string of the molecule is CCN(CCN(C)C)c1cc(F)c(Nc2nc(-c3cn(C)c4ccccc34)c3ccn(S(=O)(=O)Cc4ccccc4)c3n2)cc1[N+](=O)[O-]. The Bertz CT molecular complexity index is 2250. The minimum absolute atomic E-state index is 0.0822. The van der Waals surface area contributed by atoms with Crippen molar-refractivity contribution >= 4 is 55.0 Å². The third-order valence-corrected chi connectivity index (χ3v) is 9.79. The van der Waals surface area contributed by atoms with Crippen LogP contribution in [0.2, 0.25) is 0 Å². The molecule has 6 aromatic rings. The molecule has 0 saturated heterocycles. The van der Waals surface area contributed by atoms with Crippen LogP contribution in [0, 0.1) is 15.9 Å². The summed E-state index contributed by atoms with van der Waals surface area (Å²) >= 11 is 0. The van der Waals surface area contributed by atoms with Crippen LogP contribution in [-0.4, -0.2) is 70.5 Å². The fourth-order valence-electron chi connectivity index (χ4n) is 5.80. The van der Waals surface area contributed by atoms with E-state index in [4.69, 9.17) is 4.98 Å². The van der Waals surface area contributed by atoms with Gasteiger partial charge >= 0.3 is 0 Å². The van der Waals surface area contributed by atoms with Crippen molar-refractivity contribution in [3.63, 3.8) is 0 Å². The van der Waals surface area contributed by atoms with Gasteiger partial charge in [-0.3, -0.25) is 10.1 Å². The molecule has 0 aliphatic rings. The topological polar surface area (TPSA) is 131 Å². The molecule has 3 aromatic carbocycles. The summed E-state index contributed by atoms with van der Waals surface area (Å²) < 4.78 is 46.3. The molecule has 0 aliphatic heterocycles. The quantitative estimate of drug-likeness (QED) is 0.120. The first-order chi connectivity index (χ1) is 23.0. The lowest BCUT2D eigenvalue weighted by Gasteiger charge is -2.25. The van der Waals surface area contributed by atoms with Crippen molar-refractivity contribution in [2.75, 3.05) is 43.9 Å². The van der Waals surface area contributed by atoms with Gasteiger partial charge in [-0.05, 0) is 38.7 Å². The molecule has 0 bridgehead atoms. The molecule has 0 spiro atoms. The minimum atomic E-state index is -3.96. The molecule has 0 aliphatic carbocycles. The summed E-state index contributed by atoms with van der Waals surface area (Å²) in [4.78, 5) is 24.7. The molecule has 0 amide bonds. The van der Waals surface area contributed by atoms with Crippen molar-refractivity contribution in [2.45, 2.75) is 12.7 Å². The standard InChI is InChI=1S/C34H35FN8O4S/c1-5-41(18-17-39(2)3)30-19-27(35)28(20-31(30)43(44)45)36-34-37-32(26-21-40(4)29-14-10-9-13-24(26)29)25-15-16-42(33(25)38-34)48(46,47)22-23-11-7-6-8-12-23/h6-16,19-21H,5,17-18,22H2,1-4H3,(H,36,37,38). The van der Waals surface area contributed by atoms with E-state index in [1.165, 1.54) is 6.20 Å². The second kappa shape index (κ2) is 13.0. The zero-order valence-electron chi connectivity index (χ0n) is 27.0. The predicted octanol–water partition coefficient (Wildman–Crippen LogP) is 6.15. The number of hydrogen-bond acceptors (Lipinski definition) is 9. The highest BCUT2D eigenvalue weighted by molar-refractivity contribution is 7.89. The van der Waals surface area contributed by atoms with Crippen molar-refractivity contribution in [2.24, 2.45) is 7.05 Å². The van der Waals surface area contributed by atoms with Crippen molar-refractivity contribution in [1.82, 2.24) is 23.4 Å². The Morgan fingerprint density at radius 2 is 1.71 bits per heavy atom. The number of aryl methyl sites for hydroxylation is 1. The second-order valence-corrected chi connectivity index (χ2v) is 13.6. The van der Waals surface area contributed by atoms with Gasteiger partial charge in [-0.1, -0.05) is 48.5 Å². The number of nitro benzene ring substituents is 1. The van der Waals surface area contributed by atoms with Gasteiger partial charge in [0.2, 0.25) is 16.0 Å². The molecule has 12 nitrogen and oxygen atoms in total.